The van der Waals surface area contributed by atoms with Crippen molar-refractivity contribution in [2.45, 2.75) is 19.4 Å². The molecule has 0 radical (unpaired) electrons. The van der Waals surface area contributed by atoms with Crippen molar-refractivity contribution < 1.29 is 23.8 Å². The Labute approximate surface area is 158 Å². The van der Waals surface area contributed by atoms with Crippen LogP contribution >= 0.6 is 0 Å². The summed E-state index contributed by atoms with van der Waals surface area (Å²) in [5.41, 5.74) is 1.71. The van der Waals surface area contributed by atoms with E-state index in [4.69, 9.17) is 14.2 Å². The highest BCUT2D eigenvalue weighted by Crippen LogP contribution is 2.45. The molecule has 6 nitrogen and oxygen atoms in total. The second-order valence-electron chi connectivity index (χ2n) is 6.24. The average Bonchev–Trinajstić information content (AvgIpc) is 2.70. The fourth-order valence-corrected chi connectivity index (χ4v) is 3.36. The van der Waals surface area contributed by atoms with Gasteiger partial charge in [-0.05, 0) is 48.9 Å². The monoisotopic (exact) mass is 369 g/mol. The Morgan fingerprint density at radius 1 is 0.963 bits per heavy atom. The number of anilines is 1. The smallest absolute Gasteiger partial charge is 0.306 e. The molecule has 1 saturated heterocycles. The van der Waals surface area contributed by atoms with Gasteiger partial charge in [-0.25, -0.2) is 0 Å². The van der Waals surface area contributed by atoms with Crippen LogP contribution in [0.2, 0.25) is 0 Å². The zero-order valence-corrected chi connectivity index (χ0v) is 15.7. The molecular formula is C21H23NO5. The van der Waals surface area contributed by atoms with Crippen molar-refractivity contribution in [1.82, 2.24) is 0 Å². The summed E-state index contributed by atoms with van der Waals surface area (Å²) in [7, 11) is 3.20. The summed E-state index contributed by atoms with van der Waals surface area (Å²) in [5.74, 6) is 0.565. The van der Waals surface area contributed by atoms with Crippen LogP contribution in [0.15, 0.2) is 48.5 Å². The molecule has 142 valence electrons. The summed E-state index contributed by atoms with van der Waals surface area (Å²) in [4.78, 5) is 26.5. The van der Waals surface area contributed by atoms with E-state index in [0.29, 0.717) is 6.61 Å². The van der Waals surface area contributed by atoms with Crippen LogP contribution in [0.1, 0.15) is 24.9 Å². The Hall–Kier alpha value is -3.02. The van der Waals surface area contributed by atoms with E-state index in [9.17, 15) is 9.59 Å². The summed E-state index contributed by atoms with van der Waals surface area (Å²) < 4.78 is 15.4. The van der Waals surface area contributed by atoms with Gasteiger partial charge in [0.15, 0.2) is 0 Å². The van der Waals surface area contributed by atoms with E-state index >= 15 is 0 Å². The number of carbonyl (C=O) groups excluding carboxylic acids is 2. The third kappa shape index (κ3) is 3.74. The van der Waals surface area contributed by atoms with Crippen LogP contribution in [0.5, 0.6) is 11.5 Å². The number of carbonyl (C=O) groups is 2. The third-order valence-corrected chi connectivity index (χ3v) is 4.71. The number of nitrogens with zero attached hydrogens (tertiary/aromatic N) is 1. The van der Waals surface area contributed by atoms with Crippen LogP contribution in [-0.2, 0) is 14.3 Å². The Balaban J connectivity index is 1.90. The van der Waals surface area contributed by atoms with E-state index in [2.05, 4.69) is 0 Å². The number of esters is 1. The summed E-state index contributed by atoms with van der Waals surface area (Å²) in [6.45, 7) is 2.06. The molecule has 0 bridgehead atoms. The fraction of sp³-hybridized carbons (Fsp3) is 0.333. The minimum absolute atomic E-state index is 0.0655. The Morgan fingerprint density at radius 3 is 2.04 bits per heavy atom. The zero-order chi connectivity index (χ0) is 19.4. The van der Waals surface area contributed by atoms with Crippen molar-refractivity contribution in [3.8, 4) is 11.5 Å². The first kappa shape index (κ1) is 18.8. The molecule has 0 unspecified atom stereocenters. The second-order valence-corrected chi connectivity index (χ2v) is 6.24. The molecule has 3 rings (SSSR count). The van der Waals surface area contributed by atoms with Crippen molar-refractivity contribution in [2.24, 2.45) is 5.92 Å². The molecule has 1 aliphatic heterocycles. The fourth-order valence-electron chi connectivity index (χ4n) is 3.36. The summed E-state index contributed by atoms with van der Waals surface area (Å²) in [5, 5.41) is 0. The van der Waals surface area contributed by atoms with Gasteiger partial charge in [0.1, 0.15) is 11.5 Å². The minimum atomic E-state index is -0.445. The molecule has 2 atom stereocenters. The molecule has 6 heteroatoms. The van der Waals surface area contributed by atoms with Crippen molar-refractivity contribution in [3.63, 3.8) is 0 Å². The number of amides is 1. The molecule has 0 spiro atoms. The van der Waals surface area contributed by atoms with Gasteiger partial charge >= 0.3 is 5.97 Å². The van der Waals surface area contributed by atoms with Crippen molar-refractivity contribution in [3.05, 3.63) is 54.1 Å². The minimum Gasteiger partial charge on any atom is -0.497 e. The van der Waals surface area contributed by atoms with E-state index in [1.54, 1.807) is 26.0 Å². The lowest BCUT2D eigenvalue weighted by Gasteiger charge is -2.47. The zero-order valence-electron chi connectivity index (χ0n) is 15.7. The molecule has 0 aromatic heterocycles. The molecule has 1 heterocycles. The van der Waals surface area contributed by atoms with Crippen LogP contribution in [0.4, 0.5) is 5.69 Å². The molecule has 2 aromatic carbocycles. The number of benzene rings is 2. The summed E-state index contributed by atoms with van der Waals surface area (Å²) in [6, 6.07) is 14.6. The summed E-state index contributed by atoms with van der Waals surface area (Å²) in [6.07, 6.45) is 0.0655. The first-order valence-electron chi connectivity index (χ1n) is 8.85. The molecule has 2 aromatic rings. The second kappa shape index (κ2) is 8.12. The lowest BCUT2D eigenvalue weighted by atomic mass is 9.79. The predicted octanol–water partition coefficient (Wildman–Crippen LogP) is 3.36. The molecule has 1 aliphatic rings. The van der Waals surface area contributed by atoms with E-state index < -0.39 is 5.92 Å². The van der Waals surface area contributed by atoms with Gasteiger partial charge in [-0.3, -0.25) is 9.59 Å². The number of rotatable bonds is 7. The Morgan fingerprint density at radius 2 is 1.52 bits per heavy atom. The lowest BCUT2D eigenvalue weighted by molar-refractivity contribution is -0.148. The van der Waals surface area contributed by atoms with Crippen molar-refractivity contribution in [2.75, 3.05) is 25.7 Å². The van der Waals surface area contributed by atoms with Gasteiger partial charge in [0.25, 0.3) is 0 Å². The Bertz CT molecular complexity index is 800. The first-order valence-corrected chi connectivity index (χ1v) is 8.85. The number of hydrogen-bond donors (Lipinski definition) is 0. The SMILES string of the molecule is CCOC(=O)C[C@@H]1C(=O)N(c2ccc(OC)cc2)[C@H]1c1ccc(OC)cc1. The van der Waals surface area contributed by atoms with E-state index in [-0.39, 0.29) is 24.3 Å². The molecule has 1 fully saturated rings. The molecular weight excluding hydrogens is 346 g/mol. The van der Waals surface area contributed by atoms with Gasteiger partial charge in [-0.1, -0.05) is 12.1 Å². The standard InChI is InChI=1S/C21H23NO5/c1-4-27-19(23)13-18-20(14-5-9-16(25-2)10-6-14)22(21(18)24)15-7-11-17(26-3)12-8-15/h5-12,18,20H,4,13H2,1-3H3/t18-,20-/m0/s1. The van der Waals surface area contributed by atoms with Gasteiger partial charge in [-0.2, -0.15) is 0 Å². The molecule has 0 saturated carbocycles. The number of hydrogen-bond acceptors (Lipinski definition) is 5. The van der Waals surface area contributed by atoms with E-state index in [1.165, 1.54) is 0 Å². The molecule has 27 heavy (non-hydrogen) atoms. The van der Waals surface area contributed by atoms with Gasteiger partial charge < -0.3 is 19.1 Å². The average molecular weight is 369 g/mol. The lowest BCUT2D eigenvalue weighted by Crippen LogP contribution is -2.56. The number of ether oxygens (including phenoxy) is 3. The van der Waals surface area contributed by atoms with Gasteiger partial charge in [0.05, 0.1) is 39.2 Å². The highest BCUT2D eigenvalue weighted by atomic mass is 16.5. The topological polar surface area (TPSA) is 65.1 Å². The number of β-lactam (4-membered cyclic amide) rings is 1. The quantitative estimate of drug-likeness (QED) is 0.553. The first-order chi connectivity index (χ1) is 13.1. The maximum Gasteiger partial charge on any atom is 0.306 e. The highest BCUT2D eigenvalue weighted by molar-refractivity contribution is 6.04. The van der Waals surface area contributed by atoms with Crippen molar-refractivity contribution >= 4 is 17.6 Å². The normalized spacial score (nSPS) is 18.6. The number of methoxy groups -OCH3 is 2. The summed E-state index contributed by atoms with van der Waals surface area (Å²) >= 11 is 0. The van der Waals surface area contributed by atoms with Gasteiger partial charge in [-0.15, -0.1) is 0 Å². The molecule has 0 N–H and O–H groups in total. The van der Waals surface area contributed by atoms with Crippen LogP contribution in [0.25, 0.3) is 0 Å². The largest absolute Gasteiger partial charge is 0.497 e. The van der Waals surface area contributed by atoms with Gasteiger partial charge in [0.2, 0.25) is 5.91 Å². The van der Waals surface area contributed by atoms with Gasteiger partial charge in [0, 0.05) is 5.69 Å². The van der Waals surface area contributed by atoms with E-state index in [0.717, 1.165) is 22.7 Å². The van der Waals surface area contributed by atoms with Crippen LogP contribution in [0.3, 0.4) is 0 Å². The van der Waals surface area contributed by atoms with Crippen LogP contribution in [-0.4, -0.2) is 32.7 Å². The molecule has 1 amide bonds. The maximum atomic E-state index is 12.8. The van der Waals surface area contributed by atoms with Crippen LogP contribution < -0.4 is 14.4 Å². The predicted molar refractivity (Wildman–Crippen MR) is 101 cm³/mol. The maximum absolute atomic E-state index is 12.8. The van der Waals surface area contributed by atoms with Crippen LogP contribution in [0, 0.1) is 5.92 Å². The third-order valence-electron chi connectivity index (χ3n) is 4.71. The Kier molecular flexibility index (Phi) is 5.64. The van der Waals surface area contributed by atoms with Crippen molar-refractivity contribution in [1.29, 1.82) is 0 Å². The highest BCUT2D eigenvalue weighted by Gasteiger charge is 2.49. The molecule has 0 aliphatic carbocycles. The van der Waals surface area contributed by atoms with E-state index in [1.807, 2.05) is 48.5 Å².